The molecular formula is C17H24N4O4. The SMILES string of the molecule is O=C(CN1CCOCC1)N1CCN(Cc2cccc([N+](=O)[O-])c2)CC1. The summed E-state index contributed by atoms with van der Waals surface area (Å²) in [6.07, 6.45) is 0. The molecule has 0 unspecified atom stereocenters. The maximum Gasteiger partial charge on any atom is 0.269 e. The first kappa shape index (κ1) is 17.8. The fraction of sp³-hybridized carbons (Fsp3) is 0.588. The summed E-state index contributed by atoms with van der Waals surface area (Å²) in [5.41, 5.74) is 1.05. The highest BCUT2D eigenvalue weighted by Gasteiger charge is 2.23. The molecule has 0 N–H and O–H groups in total. The molecule has 8 nitrogen and oxygen atoms in total. The molecule has 0 spiro atoms. The summed E-state index contributed by atoms with van der Waals surface area (Å²) in [5, 5.41) is 10.9. The van der Waals surface area contributed by atoms with Gasteiger partial charge in [0.25, 0.3) is 5.69 Å². The number of carbonyl (C=O) groups is 1. The lowest BCUT2D eigenvalue weighted by Crippen LogP contribution is -2.51. The fourth-order valence-electron chi connectivity index (χ4n) is 3.23. The largest absolute Gasteiger partial charge is 0.379 e. The van der Waals surface area contributed by atoms with Gasteiger partial charge in [-0.1, -0.05) is 12.1 Å². The van der Waals surface area contributed by atoms with E-state index < -0.39 is 0 Å². The Morgan fingerprint density at radius 2 is 1.80 bits per heavy atom. The van der Waals surface area contributed by atoms with E-state index in [0.717, 1.165) is 31.7 Å². The van der Waals surface area contributed by atoms with Crippen molar-refractivity contribution in [3.8, 4) is 0 Å². The first-order valence-corrected chi connectivity index (χ1v) is 8.65. The number of amides is 1. The third-order valence-electron chi connectivity index (χ3n) is 4.72. The van der Waals surface area contributed by atoms with Gasteiger partial charge in [0.05, 0.1) is 24.7 Å². The van der Waals surface area contributed by atoms with Crippen LogP contribution in [0.25, 0.3) is 0 Å². The molecule has 0 aliphatic carbocycles. The number of ether oxygens (including phenoxy) is 1. The van der Waals surface area contributed by atoms with Gasteiger partial charge in [-0.05, 0) is 5.56 Å². The lowest BCUT2D eigenvalue weighted by atomic mass is 10.1. The van der Waals surface area contributed by atoms with E-state index >= 15 is 0 Å². The van der Waals surface area contributed by atoms with Gasteiger partial charge in [-0.25, -0.2) is 0 Å². The Kier molecular flexibility index (Phi) is 5.95. The van der Waals surface area contributed by atoms with E-state index in [9.17, 15) is 14.9 Å². The van der Waals surface area contributed by atoms with Gasteiger partial charge in [-0.2, -0.15) is 0 Å². The summed E-state index contributed by atoms with van der Waals surface area (Å²) in [7, 11) is 0. The van der Waals surface area contributed by atoms with E-state index in [4.69, 9.17) is 4.74 Å². The molecule has 2 saturated heterocycles. The average Bonchev–Trinajstić information content (AvgIpc) is 2.63. The lowest BCUT2D eigenvalue weighted by Gasteiger charge is -2.36. The van der Waals surface area contributed by atoms with Gasteiger partial charge < -0.3 is 9.64 Å². The molecule has 0 bridgehead atoms. The number of rotatable bonds is 5. The normalized spacial score (nSPS) is 19.8. The van der Waals surface area contributed by atoms with Crippen LogP contribution in [0, 0.1) is 10.1 Å². The third kappa shape index (κ3) is 4.97. The highest BCUT2D eigenvalue weighted by Crippen LogP contribution is 2.16. The number of nitrogens with zero attached hydrogens (tertiary/aromatic N) is 4. The number of hydrogen-bond donors (Lipinski definition) is 0. The Morgan fingerprint density at radius 3 is 2.48 bits per heavy atom. The summed E-state index contributed by atoms with van der Waals surface area (Å²) >= 11 is 0. The van der Waals surface area contributed by atoms with Crippen molar-refractivity contribution in [3.63, 3.8) is 0 Å². The first-order chi connectivity index (χ1) is 12.1. The van der Waals surface area contributed by atoms with Gasteiger partial charge in [0.2, 0.25) is 5.91 Å². The number of nitro groups is 1. The van der Waals surface area contributed by atoms with Gasteiger partial charge in [0.15, 0.2) is 0 Å². The van der Waals surface area contributed by atoms with Crippen molar-refractivity contribution >= 4 is 11.6 Å². The van der Waals surface area contributed by atoms with E-state index in [2.05, 4.69) is 9.80 Å². The number of carbonyl (C=O) groups excluding carboxylic acids is 1. The molecule has 25 heavy (non-hydrogen) atoms. The maximum absolute atomic E-state index is 12.4. The molecule has 3 rings (SSSR count). The predicted octanol–water partition coefficient (Wildman–Crippen LogP) is 0.571. The minimum Gasteiger partial charge on any atom is -0.379 e. The second kappa shape index (κ2) is 8.37. The van der Waals surface area contributed by atoms with Crippen molar-refractivity contribution in [2.75, 3.05) is 59.0 Å². The Hall–Kier alpha value is -2.03. The molecule has 1 aromatic rings. The monoisotopic (exact) mass is 348 g/mol. The Morgan fingerprint density at radius 1 is 1.08 bits per heavy atom. The topological polar surface area (TPSA) is 79.2 Å². The van der Waals surface area contributed by atoms with Crippen LogP contribution in [0.2, 0.25) is 0 Å². The van der Waals surface area contributed by atoms with E-state index in [1.165, 1.54) is 6.07 Å². The lowest BCUT2D eigenvalue weighted by molar-refractivity contribution is -0.384. The van der Waals surface area contributed by atoms with Crippen LogP contribution in [0.3, 0.4) is 0 Å². The molecule has 0 aromatic heterocycles. The molecule has 8 heteroatoms. The van der Waals surface area contributed by atoms with Crippen molar-refractivity contribution < 1.29 is 14.5 Å². The highest BCUT2D eigenvalue weighted by atomic mass is 16.6. The van der Waals surface area contributed by atoms with Crippen molar-refractivity contribution in [1.29, 1.82) is 0 Å². The molecular weight excluding hydrogens is 324 g/mol. The number of piperazine rings is 1. The predicted molar refractivity (Wildman–Crippen MR) is 92.2 cm³/mol. The molecule has 1 aromatic carbocycles. The van der Waals surface area contributed by atoms with Gasteiger partial charge >= 0.3 is 0 Å². The number of benzene rings is 1. The zero-order valence-electron chi connectivity index (χ0n) is 14.3. The summed E-state index contributed by atoms with van der Waals surface area (Å²) in [6.45, 7) is 7.16. The van der Waals surface area contributed by atoms with E-state index in [-0.39, 0.29) is 16.5 Å². The Bertz CT molecular complexity index is 610. The first-order valence-electron chi connectivity index (χ1n) is 8.65. The second-order valence-corrected chi connectivity index (χ2v) is 6.47. The van der Waals surface area contributed by atoms with E-state index in [1.54, 1.807) is 12.1 Å². The number of morpholine rings is 1. The molecule has 0 atom stereocenters. The van der Waals surface area contributed by atoms with Crippen LogP contribution < -0.4 is 0 Å². The van der Waals surface area contributed by atoms with Crippen LogP contribution in [0.1, 0.15) is 5.56 Å². The summed E-state index contributed by atoms with van der Waals surface area (Å²) in [6, 6.07) is 6.75. The van der Waals surface area contributed by atoms with Crippen LogP contribution in [0.15, 0.2) is 24.3 Å². The van der Waals surface area contributed by atoms with Crippen molar-refractivity contribution in [3.05, 3.63) is 39.9 Å². The Labute approximate surface area is 147 Å². The van der Waals surface area contributed by atoms with Crippen LogP contribution in [-0.4, -0.2) is 84.6 Å². The highest BCUT2D eigenvalue weighted by molar-refractivity contribution is 5.78. The summed E-state index contributed by atoms with van der Waals surface area (Å²) in [5.74, 6) is 0.178. The zero-order chi connectivity index (χ0) is 17.6. The number of nitro benzene ring substituents is 1. The average molecular weight is 348 g/mol. The number of non-ortho nitro benzene ring substituents is 1. The van der Waals surface area contributed by atoms with E-state index in [0.29, 0.717) is 39.4 Å². The minimum atomic E-state index is -0.369. The third-order valence-corrected chi connectivity index (χ3v) is 4.72. The molecule has 2 fully saturated rings. The van der Waals surface area contributed by atoms with Crippen molar-refractivity contribution in [1.82, 2.24) is 14.7 Å². The molecule has 136 valence electrons. The van der Waals surface area contributed by atoms with Crippen LogP contribution in [0.4, 0.5) is 5.69 Å². The summed E-state index contributed by atoms with van der Waals surface area (Å²) < 4.78 is 5.31. The fourth-order valence-corrected chi connectivity index (χ4v) is 3.23. The minimum absolute atomic E-state index is 0.122. The molecule has 2 aliphatic heterocycles. The molecule has 2 heterocycles. The molecule has 0 saturated carbocycles. The van der Waals surface area contributed by atoms with Crippen LogP contribution >= 0.6 is 0 Å². The quantitative estimate of drug-likeness (QED) is 0.572. The zero-order valence-corrected chi connectivity index (χ0v) is 14.3. The second-order valence-electron chi connectivity index (χ2n) is 6.47. The molecule has 0 radical (unpaired) electrons. The van der Waals surface area contributed by atoms with E-state index in [1.807, 2.05) is 11.0 Å². The molecule has 1 amide bonds. The smallest absolute Gasteiger partial charge is 0.269 e. The van der Waals surface area contributed by atoms with Crippen LogP contribution in [-0.2, 0) is 16.1 Å². The standard InChI is InChI=1S/C17H24N4O4/c22-17(14-19-8-10-25-11-9-19)20-6-4-18(5-7-20)13-15-2-1-3-16(12-15)21(23)24/h1-3,12H,4-11,13-14H2. The number of hydrogen-bond acceptors (Lipinski definition) is 6. The van der Waals surface area contributed by atoms with Gasteiger partial charge in [0, 0.05) is 57.9 Å². The molecule has 2 aliphatic rings. The van der Waals surface area contributed by atoms with Gasteiger partial charge in [-0.15, -0.1) is 0 Å². The Balaban J connectivity index is 1.46. The van der Waals surface area contributed by atoms with Gasteiger partial charge in [-0.3, -0.25) is 24.7 Å². The van der Waals surface area contributed by atoms with Crippen molar-refractivity contribution in [2.24, 2.45) is 0 Å². The summed E-state index contributed by atoms with van der Waals surface area (Å²) in [4.78, 5) is 29.2. The van der Waals surface area contributed by atoms with Crippen molar-refractivity contribution in [2.45, 2.75) is 6.54 Å². The van der Waals surface area contributed by atoms with Crippen LogP contribution in [0.5, 0.6) is 0 Å². The maximum atomic E-state index is 12.4. The van der Waals surface area contributed by atoms with Gasteiger partial charge in [0.1, 0.15) is 0 Å².